The second kappa shape index (κ2) is 8.57. The lowest BCUT2D eigenvalue weighted by Crippen LogP contribution is -2.33. The molecule has 1 aliphatic heterocycles. The van der Waals surface area contributed by atoms with E-state index >= 15 is 0 Å². The van der Waals surface area contributed by atoms with E-state index in [1.807, 2.05) is 24.8 Å². The number of rotatable bonds is 6. The topological polar surface area (TPSA) is 28.5 Å². The van der Waals surface area contributed by atoms with Crippen LogP contribution in [0.15, 0.2) is 42.0 Å². The van der Waals surface area contributed by atoms with Gasteiger partial charge in [-0.25, -0.2) is 0 Å². The molecular weight excluding hydrogens is 334 g/mol. The van der Waals surface area contributed by atoms with Crippen LogP contribution in [0.5, 0.6) is 0 Å². The van der Waals surface area contributed by atoms with Crippen LogP contribution in [0.1, 0.15) is 31.5 Å². The molecule has 0 saturated heterocycles. The summed E-state index contributed by atoms with van der Waals surface area (Å²) in [6, 6.07) is 8.39. The Kier molecular flexibility index (Phi) is 6.17. The third-order valence-corrected chi connectivity index (χ3v) is 5.60. The Balaban J connectivity index is 1.95. The van der Waals surface area contributed by atoms with Gasteiger partial charge in [-0.2, -0.15) is 0 Å². The fraction of sp³-hybridized carbons (Fsp3) is 0.435. The van der Waals surface area contributed by atoms with Gasteiger partial charge < -0.3 is 14.4 Å². The van der Waals surface area contributed by atoms with Crippen molar-refractivity contribution in [3.8, 4) is 0 Å². The van der Waals surface area contributed by atoms with Crippen molar-refractivity contribution in [3.05, 3.63) is 53.2 Å². The van der Waals surface area contributed by atoms with Gasteiger partial charge in [-0.15, -0.1) is 0 Å². The number of benzene rings is 1. The van der Waals surface area contributed by atoms with Gasteiger partial charge in [0.1, 0.15) is 6.54 Å². The predicted octanol–water partition coefficient (Wildman–Crippen LogP) is 4.09. The number of carbonyl (C=O) groups excluding carboxylic acids is 1. The first-order valence-corrected chi connectivity index (χ1v) is 9.96. The molecule has 0 N–H and O–H groups in total. The van der Waals surface area contributed by atoms with Gasteiger partial charge in [0.25, 0.3) is 0 Å². The first-order valence-electron chi connectivity index (χ1n) is 9.96. The summed E-state index contributed by atoms with van der Waals surface area (Å²) in [4.78, 5) is 16.9. The lowest BCUT2D eigenvalue weighted by Gasteiger charge is -2.20. The van der Waals surface area contributed by atoms with Crippen molar-refractivity contribution in [1.29, 1.82) is 0 Å². The van der Waals surface area contributed by atoms with Crippen LogP contribution in [0.3, 0.4) is 0 Å². The Morgan fingerprint density at radius 1 is 1.19 bits per heavy atom. The fourth-order valence-electron chi connectivity index (χ4n) is 3.81. The summed E-state index contributed by atoms with van der Waals surface area (Å²) in [7, 11) is 2.15. The lowest BCUT2D eigenvalue weighted by atomic mass is 10.1. The Hall–Kier alpha value is -2.33. The van der Waals surface area contributed by atoms with Crippen molar-refractivity contribution < 1.29 is 4.79 Å². The third kappa shape index (κ3) is 4.16. The Bertz CT molecular complexity index is 871. The maximum atomic E-state index is 12.7. The number of likely N-dealkylation sites (N-methyl/N-ethyl adjacent to an activating group) is 2. The average Bonchev–Trinajstić information content (AvgIpc) is 2.94. The van der Waals surface area contributed by atoms with Crippen LogP contribution in [0, 0.1) is 6.92 Å². The molecule has 0 bridgehead atoms. The van der Waals surface area contributed by atoms with Crippen molar-refractivity contribution in [1.82, 2.24) is 14.4 Å². The number of hydrogen-bond acceptors (Lipinski definition) is 2. The number of aromatic nitrogens is 1. The van der Waals surface area contributed by atoms with E-state index in [2.05, 4.69) is 59.9 Å². The number of nitrogens with zero attached hydrogens (tertiary/aromatic N) is 3. The zero-order valence-corrected chi connectivity index (χ0v) is 17.0. The minimum absolute atomic E-state index is 0.178. The number of hydrogen-bond donors (Lipinski definition) is 0. The first-order chi connectivity index (χ1) is 13.0. The van der Waals surface area contributed by atoms with Crippen LogP contribution < -0.4 is 0 Å². The van der Waals surface area contributed by atoms with E-state index in [0.717, 1.165) is 43.8 Å². The number of fused-ring (bicyclic) bond motifs is 1. The maximum Gasteiger partial charge on any atom is 0.242 e. The number of allylic oxidation sites excluding steroid dienone is 1. The van der Waals surface area contributed by atoms with Crippen LogP contribution in [-0.4, -0.2) is 53.5 Å². The van der Waals surface area contributed by atoms with Crippen molar-refractivity contribution in [3.63, 3.8) is 0 Å². The molecule has 27 heavy (non-hydrogen) atoms. The zero-order valence-electron chi connectivity index (χ0n) is 17.0. The van der Waals surface area contributed by atoms with Gasteiger partial charge in [0, 0.05) is 48.3 Å². The zero-order chi connectivity index (χ0) is 19.4. The molecule has 1 aromatic carbocycles. The summed E-state index contributed by atoms with van der Waals surface area (Å²) in [5, 5.41) is 1.21. The van der Waals surface area contributed by atoms with Crippen molar-refractivity contribution >= 4 is 22.9 Å². The third-order valence-electron chi connectivity index (χ3n) is 5.60. The van der Waals surface area contributed by atoms with E-state index in [9.17, 15) is 4.79 Å². The normalized spacial score (nSPS) is 15.5. The molecule has 0 fully saturated rings. The molecule has 3 rings (SSSR count). The minimum atomic E-state index is 0.178. The van der Waals surface area contributed by atoms with Gasteiger partial charge in [-0.05, 0) is 45.9 Å². The molecule has 0 unspecified atom stereocenters. The highest BCUT2D eigenvalue weighted by Gasteiger charge is 2.17. The average molecular weight is 366 g/mol. The summed E-state index contributed by atoms with van der Waals surface area (Å²) in [6.45, 7) is 10.2. The van der Waals surface area contributed by atoms with Crippen molar-refractivity contribution in [2.24, 2.45) is 0 Å². The van der Waals surface area contributed by atoms with E-state index in [1.54, 1.807) is 0 Å². The molecule has 0 atom stereocenters. The van der Waals surface area contributed by atoms with E-state index in [-0.39, 0.29) is 5.91 Å². The molecule has 2 aromatic rings. The summed E-state index contributed by atoms with van der Waals surface area (Å²) in [6.07, 6.45) is 7.87. The largest absolute Gasteiger partial charge is 0.342 e. The summed E-state index contributed by atoms with van der Waals surface area (Å²) in [5.74, 6) is 0.178. The van der Waals surface area contributed by atoms with Gasteiger partial charge in [0.05, 0.1) is 0 Å². The number of carbonyl (C=O) groups is 1. The molecule has 0 spiro atoms. The molecule has 0 aliphatic carbocycles. The van der Waals surface area contributed by atoms with Gasteiger partial charge in [-0.1, -0.05) is 36.4 Å². The highest BCUT2D eigenvalue weighted by Crippen LogP contribution is 2.28. The molecule has 4 nitrogen and oxygen atoms in total. The highest BCUT2D eigenvalue weighted by molar-refractivity contribution is 5.92. The Morgan fingerprint density at radius 2 is 1.93 bits per heavy atom. The predicted molar refractivity (Wildman–Crippen MR) is 114 cm³/mol. The van der Waals surface area contributed by atoms with Crippen LogP contribution in [-0.2, 0) is 11.3 Å². The van der Waals surface area contributed by atoms with Gasteiger partial charge in [0.15, 0.2) is 0 Å². The maximum absolute atomic E-state index is 12.7. The standard InChI is InChI=1S/C23H31N3O/c1-5-25(6-2)23(27)17-26-18(3)20(21-9-7-8-10-22(21)26)12-11-19-13-15-24(4)16-14-19/h7-13H,5-6,14-17H2,1-4H3/b12-11+. The molecule has 1 amide bonds. The molecule has 2 heterocycles. The van der Waals surface area contributed by atoms with Crippen molar-refractivity contribution in [2.45, 2.75) is 33.7 Å². The molecule has 0 saturated carbocycles. The minimum Gasteiger partial charge on any atom is -0.342 e. The van der Waals surface area contributed by atoms with Crippen LogP contribution in [0.25, 0.3) is 17.0 Å². The molecule has 144 valence electrons. The Labute approximate surface area is 162 Å². The van der Waals surface area contributed by atoms with Crippen LogP contribution >= 0.6 is 0 Å². The molecule has 1 aromatic heterocycles. The second-order valence-corrected chi connectivity index (χ2v) is 7.29. The quantitative estimate of drug-likeness (QED) is 0.771. The molecular formula is C23H31N3O. The first kappa shape index (κ1) is 19.4. The van der Waals surface area contributed by atoms with E-state index in [1.165, 1.54) is 16.5 Å². The van der Waals surface area contributed by atoms with Gasteiger partial charge in [-0.3, -0.25) is 4.79 Å². The van der Waals surface area contributed by atoms with Gasteiger partial charge >= 0.3 is 0 Å². The molecule has 1 aliphatic rings. The monoisotopic (exact) mass is 365 g/mol. The lowest BCUT2D eigenvalue weighted by molar-refractivity contribution is -0.131. The smallest absolute Gasteiger partial charge is 0.242 e. The second-order valence-electron chi connectivity index (χ2n) is 7.29. The van der Waals surface area contributed by atoms with Crippen molar-refractivity contribution in [2.75, 3.05) is 33.2 Å². The molecule has 0 radical (unpaired) electrons. The SMILES string of the molecule is CCN(CC)C(=O)Cn1c(C)c(/C=C/C2=CCN(C)CC2)c2ccccc21. The molecule has 4 heteroatoms. The number of amides is 1. The summed E-state index contributed by atoms with van der Waals surface area (Å²) >= 11 is 0. The van der Waals surface area contributed by atoms with Gasteiger partial charge in [0.2, 0.25) is 5.91 Å². The number of para-hydroxylation sites is 1. The Morgan fingerprint density at radius 3 is 2.59 bits per heavy atom. The van der Waals surface area contributed by atoms with E-state index < -0.39 is 0 Å². The van der Waals surface area contributed by atoms with Crippen LogP contribution in [0.4, 0.5) is 0 Å². The summed E-state index contributed by atoms with van der Waals surface area (Å²) in [5.41, 5.74) is 4.90. The van der Waals surface area contributed by atoms with E-state index in [4.69, 9.17) is 0 Å². The summed E-state index contributed by atoms with van der Waals surface area (Å²) < 4.78 is 2.17. The highest BCUT2D eigenvalue weighted by atomic mass is 16.2. The fourth-order valence-corrected chi connectivity index (χ4v) is 3.81. The van der Waals surface area contributed by atoms with E-state index in [0.29, 0.717) is 6.54 Å². The van der Waals surface area contributed by atoms with Crippen LogP contribution in [0.2, 0.25) is 0 Å².